The number of esters is 1. The van der Waals surface area contributed by atoms with Crippen molar-refractivity contribution in [1.29, 1.82) is 0 Å². The van der Waals surface area contributed by atoms with Crippen LogP contribution in [0.1, 0.15) is 10.4 Å². The molecule has 0 aromatic heterocycles. The Morgan fingerprint density at radius 3 is 2.67 bits per heavy atom. The SMILES string of the molecule is O=C(COC(=O)c1ccc2c(c1)OCCO2)Nc1cccc(F)c1. The van der Waals surface area contributed by atoms with Gasteiger partial charge in [-0.2, -0.15) is 0 Å². The third-order valence-electron chi connectivity index (χ3n) is 3.22. The summed E-state index contributed by atoms with van der Waals surface area (Å²) in [7, 11) is 0. The van der Waals surface area contributed by atoms with Crippen molar-refractivity contribution in [2.75, 3.05) is 25.1 Å². The maximum absolute atomic E-state index is 13.0. The molecule has 0 saturated heterocycles. The van der Waals surface area contributed by atoms with Gasteiger partial charge in [0.25, 0.3) is 5.91 Å². The Labute approximate surface area is 137 Å². The molecule has 0 bridgehead atoms. The first-order valence-electron chi connectivity index (χ1n) is 7.24. The van der Waals surface area contributed by atoms with Gasteiger partial charge in [0, 0.05) is 5.69 Å². The van der Waals surface area contributed by atoms with Crippen LogP contribution in [0.5, 0.6) is 11.5 Å². The van der Waals surface area contributed by atoms with E-state index in [0.29, 0.717) is 24.7 Å². The van der Waals surface area contributed by atoms with E-state index in [1.807, 2.05) is 0 Å². The summed E-state index contributed by atoms with van der Waals surface area (Å²) >= 11 is 0. The van der Waals surface area contributed by atoms with Crippen molar-refractivity contribution in [1.82, 2.24) is 0 Å². The molecule has 3 rings (SSSR count). The zero-order valence-electron chi connectivity index (χ0n) is 12.6. The maximum atomic E-state index is 13.0. The number of carbonyl (C=O) groups is 2. The predicted molar refractivity (Wildman–Crippen MR) is 82.7 cm³/mol. The molecule has 1 heterocycles. The summed E-state index contributed by atoms with van der Waals surface area (Å²) in [5.41, 5.74) is 0.535. The molecule has 1 amide bonds. The van der Waals surface area contributed by atoms with Crippen LogP contribution in [-0.4, -0.2) is 31.7 Å². The van der Waals surface area contributed by atoms with E-state index < -0.39 is 24.3 Å². The van der Waals surface area contributed by atoms with E-state index in [1.165, 1.54) is 36.4 Å². The molecule has 6 nitrogen and oxygen atoms in total. The van der Waals surface area contributed by atoms with Crippen LogP contribution in [-0.2, 0) is 9.53 Å². The molecule has 0 unspecified atom stereocenters. The minimum Gasteiger partial charge on any atom is -0.486 e. The molecule has 0 atom stereocenters. The highest BCUT2D eigenvalue weighted by Crippen LogP contribution is 2.30. The monoisotopic (exact) mass is 331 g/mol. The predicted octanol–water partition coefficient (Wildman–Crippen LogP) is 2.39. The maximum Gasteiger partial charge on any atom is 0.338 e. The highest BCUT2D eigenvalue weighted by molar-refractivity contribution is 5.95. The fourth-order valence-corrected chi connectivity index (χ4v) is 2.15. The average molecular weight is 331 g/mol. The Balaban J connectivity index is 1.56. The molecule has 1 aliphatic rings. The van der Waals surface area contributed by atoms with Crippen LogP contribution in [0.25, 0.3) is 0 Å². The highest BCUT2D eigenvalue weighted by Gasteiger charge is 2.16. The van der Waals surface area contributed by atoms with Crippen LogP contribution >= 0.6 is 0 Å². The number of hydrogen-bond donors (Lipinski definition) is 1. The summed E-state index contributed by atoms with van der Waals surface area (Å²) < 4.78 is 28.7. The third kappa shape index (κ3) is 3.81. The number of benzene rings is 2. The van der Waals surface area contributed by atoms with Gasteiger partial charge in [0.1, 0.15) is 19.0 Å². The fraction of sp³-hybridized carbons (Fsp3) is 0.176. The Hall–Kier alpha value is -3.09. The van der Waals surface area contributed by atoms with Gasteiger partial charge in [-0.05, 0) is 36.4 Å². The van der Waals surface area contributed by atoms with Crippen LogP contribution in [0.2, 0.25) is 0 Å². The molecule has 7 heteroatoms. The van der Waals surface area contributed by atoms with Crippen LogP contribution in [0.3, 0.4) is 0 Å². The first-order valence-corrected chi connectivity index (χ1v) is 7.24. The highest BCUT2D eigenvalue weighted by atomic mass is 19.1. The third-order valence-corrected chi connectivity index (χ3v) is 3.22. The van der Waals surface area contributed by atoms with Gasteiger partial charge in [-0.15, -0.1) is 0 Å². The van der Waals surface area contributed by atoms with E-state index in [4.69, 9.17) is 14.2 Å². The van der Waals surface area contributed by atoms with Gasteiger partial charge in [0.2, 0.25) is 0 Å². The first-order chi connectivity index (χ1) is 11.6. The number of anilines is 1. The standard InChI is InChI=1S/C17H14FNO5/c18-12-2-1-3-13(9-12)19-16(20)10-24-17(21)11-4-5-14-15(8-11)23-7-6-22-14/h1-5,8-9H,6-7,10H2,(H,19,20). The largest absolute Gasteiger partial charge is 0.486 e. The molecular weight excluding hydrogens is 317 g/mol. The Bertz CT molecular complexity index is 777. The fourth-order valence-electron chi connectivity index (χ4n) is 2.15. The molecule has 0 radical (unpaired) electrons. The van der Waals surface area contributed by atoms with Gasteiger partial charge in [0.15, 0.2) is 18.1 Å². The normalized spacial score (nSPS) is 12.4. The lowest BCUT2D eigenvalue weighted by atomic mass is 10.2. The van der Waals surface area contributed by atoms with Crippen molar-refractivity contribution in [2.24, 2.45) is 0 Å². The lowest BCUT2D eigenvalue weighted by molar-refractivity contribution is -0.119. The van der Waals surface area contributed by atoms with Gasteiger partial charge >= 0.3 is 5.97 Å². The number of nitrogens with one attached hydrogen (secondary N) is 1. The number of fused-ring (bicyclic) bond motifs is 1. The minimum atomic E-state index is -0.665. The van der Waals surface area contributed by atoms with Crippen molar-refractivity contribution >= 4 is 17.6 Å². The van der Waals surface area contributed by atoms with E-state index >= 15 is 0 Å². The molecule has 2 aromatic carbocycles. The number of carbonyl (C=O) groups excluding carboxylic acids is 2. The van der Waals surface area contributed by atoms with E-state index in [0.717, 1.165) is 0 Å². The summed E-state index contributed by atoms with van der Waals surface area (Å²) in [4.78, 5) is 23.7. The molecule has 0 spiro atoms. The summed E-state index contributed by atoms with van der Waals surface area (Å²) in [6, 6.07) is 10.1. The molecule has 0 aliphatic carbocycles. The number of rotatable bonds is 4. The van der Waals surface area contributed by atoms with Crippen LogP contribution in [0.4, 0.5) is 10.1 Å². The molecule has 2 aromatic rings. The van der Waals surface area contributed by atoms with E-state index in [1.54, 1.807) is 6.07 Å². The number of amides is 1. The van der Waals surface area contributed by atoms with Crippen LogP contribution < -0.4 is 14.8 Å². The smallest absolute Gasteiger partial charge is 0.338 e. The first kappa shape index (κ1) is 15.8. The van der Waals surface area contributed by atoms with Crippen molar-refractivity contribution in [3.8, 4) is 11.5 Å². The summed E-state index contributed by atoms with van der Waals surface area (Å²) in [6.07, 6.45) is 0. The van der Waals surface area contributed by atoms with Gasteiger partial charge in [-0.25, -0.2) is 9.18 Å². The quantitative estimate of drug-likeness (QED) is 0.871. The van der Waals surface area contributed by atoms with Crippen molar-refractivity contribution in [3.63, 3.8) is 0 Å². The molecule has 0 fully saturated rings. The molecule has 24 heavy (non-hydrogen) atoms. The number of halogens is 1. The molecule has 1 N–H and O–H groups in total. The zero-order chi connectivity index (χ0) is 16.9. The summed E-state index contributed by atoms with van der Waals surface area (Å²) in [6.45, 7) is 0.377. The van der Waals surface area contributed by atoms with E-state index in [-0.39, 0.29) is 11.3 Å². The topological polar surface area (TPSA) is 73.9 Å². The van der Waals surface area contributed by atoms with Crippen LogP contribution in [0.15, 0.2) is 42.5 Å². The Morgan fingerprint density at radius 2 is 1.88 bits per heavy atom. The Morgan fingerprint density at radius 1 is 1.08 bits per heavy atom. The molecule has 124 valence electrons. The van der Waals surface area contributed by atoms with Crippen molar-refractivity contribution < 1.29 is 28.2 Å². The second kappa shape index (κ2) is 6.99. The summed E-state index contributed by atoms with van der Waals surface area (Å²) in [5, 5.41) is 2.44. The second-order valence-electron chi connectivity index (χ2n) is 4.99. The second-order valence-corrected chi connectivity index (χ2v) is 4.99. The van der Waals surface area contributed by atoms with Crippen LogP contribution in [0, 0.1) is 5.82 Å². The summed E-state index contributed by atoms with van der Waals surface area (Å²) in [5.74, 6) is -0.685. The number of ether oxygens (including phenoxy) is 3. The number of hydrogen-bond acceptors (Lipinski definition) is 5. The van der Waals surface area contributed by atoms with Gasteiger partial charge in [0.05, 0.1) is 5.56 Å². The minimum absolute atomic E-state index is 0.248. The molecule has 0 saturated carbocycles. The van der Waals surface area contributed by atoms with E-state index in [9.17, 15) is 14.0 Å². The molecular formula is C17H14FNO5. The Kier molecular flexibility index (Phi) is 4.60. The van der Waals surface area contributed by atoms with E-state index in [2.05, 4.69) is 5.32 Å². The lowest BCUT2D eigenvalue weighted by Gasteiger charge is -2.18. The van der Waals surface area contributed by atoms with Crippen molar-refractivity contribution in [2.45, 2.75) is 0 Å². The van der Waals surface area contributed by atoms with Crippen molar-refractivity contribution in [3.05, 3.63) is 53.8 Å². The zero-order valence-corrected chi connectivity index (χ0v) is 12.6. The lowest BCUT2D eigenvalue weighted by Crippen LogP contribution is -2.21. The van der Waals surface area contributed by atoms with Gasteiger partial charge < -0.3 is 19.5 Å². The molecule has 1 aliphatic heterocycles. The average Bonchev–Trinajstić information content (AvgIpc) is 2.59. The van der Waals surface area contributed by atoms with Gasteiger partial charge in [-0.3, -0.25) is 4.79 Å². The van der Waals surface area contributed by atoms with Gasteiger partial charge in [-0.1, -0.05) is 6.07 Å².